The quantitative estimate of drug-likeness (QED) is 0.707. The van der Waals surface area contributed by atoms with Crippen LogP contribution in [-0.2, 0) is 18.9 Å². The van der Waals surface area contributed by atoms with Gasteiger partial charge in [0.1, 0.15) is 0 Å². The summed E-state index contributed by atoms with van der Waals surface area (Å²) in [5.74, 6) is 0. The van der Waals surface area contributed by atoms with E-state index in [0.717, 1.165) is 18.0 Å². The molecule has 0 saturated heterocycles. The van der Waals surface area contributed by atoms with Crippen LogP contribution in [0.3, 0.4) is 0 Å². The minimum atomic E-state index is -2.56. The van der Waals surface area contributed by atoms with Gasteiger partial charge in [0.2, 0.25) is 0 Å². The first-order valence-corrected chi connectivity index (χ1v) is 8.29. The lowest BCUT2D eigenvalue weighted by atomic mass is 9.99. The van der Waals surface area contributed by atoms with Gasteiger partial charge in [0, 0.05) is 20.3 Å². The molecule has 0 saturated carbocycles. The summed E-state index contributed by atoms with van der Waals surface area (Å²) >= 11 is 0. The topological polar surface area (TPSA) is 27.7 Å². The number of benzene rings is 1. The highest BCUT2D eigenvalue weighted by Crippen LogP contribution is 2.31. The van der Waals surface area contributed by atoms with Crippen LogP contribution in [0.2, 0.25) is 6.04 Å². The maximum Gasteiger partial charge on any atom is 0.501 e. The molecule has 1 aromatic carbocycles. The van der Waals surface area contributed by atoms with Crippen molar-refractivity contribution in [3.05, 3.63) is 35.9 Å². The zero-order valence-electron chi connectivity index (χ0n) is 12.0. The van der Waals surface area contributed by atoms with Gasteiger partial charge in [0.05, 0.1) is 5.60 Å². The molecule has 0 unspecified atom stereocenters. The van der Waals surface area contributed by atoms with Gasteiger partial charge in [-0.15, -0.1) is 0 Å². The Bertz CT molecular complexity index is 347. The van der Waals surface area contributed by atoms with Crippen LogP contribution in [-0.4, -0.2) is 23.0 Å². The van der Waals surface area contributed by atoms with Crippen molar-refractivity contribution in [1.29, 1.82) is 0 Å². The second-order valence-corrected chi connectivity index (χ2v) is 7.71. The van der Waals surface area contributed by atoms with Crippen molar-refractivity contribution >= 4 is 8.80 Å². The molecule has 0 spiro atoms. The lowest BCUT2D eigenvalue weighted by Crippen LogP contribution is -2.48. The molecule has 4 heteroatoms. The van der Waals surface area contributed by atoms with Crippen molar-refractivity contribution < 1.29 is 13.3 Å². The van der Waals surface area contributed by atoms with Crippen molar-refractivity contribution in [1.82, 2.24) is 0 Å². The molecule has 3 nitrogen and oxygen atoms in total. The molecular weight excluding hydrogens is 244 g/mol. The van der Waals surface area contributed by atoms with E-state index in [1.165, 1.54) is 0 Å². The van der Waals surface area contributed by atoms with E-state index in [-0.39, 0.29) is 0 Å². The van der Waals surface area contributed by atoms with Gasteiger partial charge in [-0.3, -0.25) is 0 Å². The van der Waals surface area contributed by atoms with Crippen LogP contribution in [0.4, 0.5) is 0 Å². The second-order valence-electron chi connectivity index (χ2n) is 4.82. The Morgan fingerprint density at radius 1 is 1.06 bits per heavy atom. The van der Waals surface area contributed by atoms with Crippen LogP contribution < -0.4 is 0 Å². The molecule has 0 atom stereocenters. The molecular formula is C14H24O3Si. The molecule has 102 valence electrons. The standard InChI is InChI=1S/C14H24O3Si/c1-6-12-18(15-4,16-5)17-14(2,3)13-10-8-7-9-11-13/h7-11H,6,12H2,1-5H3. The SMILES string of the molecule is CCC[Si](OC)(OC)OC(C)(C)c1ccccc1. The normalized spacial score (nSPS) is 12.7. The molecule has 0 radical (unpaired) electrons. The molecule has 1 aromatic rings. The predicted octanol–water partition coefficient (Wildman–Crippen LogP) is 3.58. The van der Waals surface area contributed by atoms with E-state index < -0.39 is 14.4 Å². The lowest BCUT2D eigenvalue weighted by molar-refractivity contribution is 0.00228. The third kappa shape index (κ3) is 3.65. The zero-order valence-corrected chi connectivity index (χ0v) is 13.0. The number of hydrogen-bond donors (Lipinski definition) is 0. The molecule has 0 N–H and O–H groups in total. The van der Waals surface area contributed by atoms with Crippen molar-refractivity contribution in [2.24, 2.45) is 0 Å². The molecule has 0 aliphatic heterocycles. The van der Waals surface area contributed by atoms with E-state index in [2.05, 4.69) is 32.9 Å². The van der Waals surface area contributed by atoms with Gasteiger partial charge >= 0.3 is 8.80 Å². The fraction of sp³-hybridized carbons (Fsp3) is 0.571. The van der Waals surface area contributed by atoms with Crippen molar-refractivity contribution in [3.8, 4) is 0 Å². The van der Waals surface area contributed by atoms with Crippen LogP contribution in [0.5, 0.6) is 0 Å². The lowest BCUT2D eigenvalue weighted by Gasteiger charge is -2.36. The van der Waals surface area contributed by atoms with Crippen LogP contribution in [0.25, 0.3) is 0 Å². The first-order chi connectivity index (χ1) is 8.49. The zero-order chi connectivity index (χ0) is 13.6. The summed E-state index contributed by atoms with van der Waals surface area (Å²) in [7, 11) is 0.784. The first kappa shape index (κ1) is 15.4. The summed E-state index contributed by atoms with van der Waals surface area (Å²) in [5.41, 5.74) is 0.723. The monoisotopic (exact) mass is 268 g/mol. The van der Waals surface area contributed by atoms with Crippen LogP contribution in [0.15, 0.2) is 30.3 Å². The van der Waals surface area contributed by atoms with Gasteiger partial charge in [-0.25, -0.2) is 0 Å². The van der Waals surface area contributed by atoms with E-state index in [1.54, 1.807) is 14.2 Å². The maximum absolute atomic E-state index is 6.24. The minimum Gasteiger partial charge on any atom is -0.377 e. The smallest absolute Gasteiger partial charge is 0.377 e. The minimum absolute atomic E-state index is 0.408. The predicted molar refractivity (Wildman–Crippen MR) is 75.4 cm³/mol. The molecule has 18 heavy (non-hydrogen) atoms. The van der Waals surface area contributed by atoms with E-state index >= 15 is 0 Å². The van der Waals surface area contributed by atoms with E-state index in [4.69, 9.17) is 13.3 Å². The summed E-state index contributed by atoms with van der Waals surface area (Å²) < 4.78 is 17.4. The Labute approximate surface area is 111 Å². The third-order valence-electron chi connectivity index (χ3n) is 3.06. The van der Waals surface area contributed by atoms with Gasteiger partial charge in [0.25, 0.3) is 0 Å². The molecule has 0 aliphatic carbocycles. The highest BCUT2D eigenvalue weighted by molar-refractivity contribution is 6.60. The first-order valence-electron chi connectivity index (χ1n) is 6.35. The largest absolute Gasteiger partial charge is 0.501 e. The van der Waals surface area contributed by atoms with Crippen molar-refractivity contribution in [2.75, 3.05) is 14.2 Å². The Morgan fingerprint density at radius 3 is 2.06 bits per heavy atom. The van der Waals surface area contributed by atoms with Gasteiger partial charge in [-0.05, 0) is 19.4 Å². The van der Waals surface area contributed by atoms with Gasteiger partial charge in [-0.2, -0.15) is 0 Å². The van der Waals surface area contributed by atoms with Crippen molar-refractivity contribution in [2.45, 2.75) is 38.8 Å². The van der Waals surface area contributed by atoms with Crippen LogP contribution >= 0.6 is 0 Å². The van der Waals surface area contributed by atoms with E-state index in [9.17, 15) is 0 Å². The highest BCUT2D eigenvalue weighted by atomic mass is 28.4. The Kier molecular flexibility index (Phi) is 5.53. The molecule has 0 heterocycles. The highest BCUT2D eigenvalue weighted by Gasteiger charge is 2.43. The summed E-state index contributed by atoms with van der Waals surface area (Å²) in [4.78, 5) is 0. The van der Waals surface area contributed by atoms with Crippen molar-refractivity contribution in [3.63, 3.8) is 0 Å². The molecule has 0 bridgehead atoms. The van der Waals surface area contributed by atoms with E-state index in [1.807, 2.05) is 18.2 Å². The Hall–Kier alpha value is -0.683. The third-order valence-corrected chi connectivity index (χ3v) is 6.24. The van der Waals surface area contributed by atoms with Crippen LogP contribution in [0.1, 0.15) is 32.8 Å². The Morgan fingerprint density at radius 2 is 1.61 bits per heavy atom. The fourth-order valence-corrected chi connectivity index (χ4v) is 4.37. The molecule has 0 amide bonds. The van der Waals surface area contributed by atoms with Gasteiger partial charge in [-0.1, -0.05) is 43.7 Å². The molecule has 0 aromatic heterocycles. The fourth-order valence-electron chi connectivity index (χ4n) is 2.02. The average molecular weight is 268 g/mol. The molecule has 0 fully saturated rings. The van der Waals surface area contributed by atoms with E-state index in [0.29, 0.717) is 0 Å². The van der Waals surface area contributed by atoms with Gasteiger partial charge in [0.15, 0.2) is 0 Å². The average Bonchev–Trinajstić information content (AvgIpc) is 2.39. The second kappa shape index (κ2) is 6.47. The van der Waals surface area contributed by atoms with Gasteiger partial charge < -0.3 is 13.3 Å². The summed E-state index contributed by atoms with van der Waals surface area (Å²) in [5, 5.41) is 0. The summed E-state index contributed by atoms with van der Waals surface area (Å²) in [6, 6.07) is 11.0. The number of hydrogen-bond acceptors (Lipinski definition) is 3. The summed E-state index contributed by atoms with van der Waals surface area (Å²) in [6.07, 6.45) is 0.985. The Balaban J connectivity index is 2.92. The number of rotatable bonds is 7. The summed E-state index contributed by atoms with van der Waals surface area (Å²) in [6.45, 7) is 6.22. The maximum atomic E-state index is 6.24. The van der Waals surface area contributed by atoms with Crippen LogP contribution in [0, 0.1) is 0 Å². The molecule has 1 rings (SSSR count). The molecule has 0 aliphatic rings.